The molecule has 0 saturated carbocycles. The predicted octanol–water partition coefficient (Wildman–Crippen LogP) is 2.06. The van der Waals surface area contributed by atoms with Crippen LogP contribution in [-0.2, 0) is 38.4 Å². The van der Waals surface area contributed by atoms with Crippen LogP contribution in [0.4, 0.5) is 0 Å². The first-order valence-corrected chi connectivity index (χ1v) is 22.4. The fraction of sp³-hybridized carbons (Fsp3) is 0.400. The third-order valence-electron chi connectivity index (χ3n) is 8.04. The number of carbonyl (C=O) groups excluding carboxylic acids is 10. The maximum absolute atomic E-state index is 13.5. The van der Waals surface area contributed by atoms with Gasteiger partial charge >= 0.3 is 11.9 Å². The number of thiol groups is 1. The molecule has 0 spiro atoms. The van der Waals surface area contributed by atoms with Crippen molar-refractivity contribution < 1.29 is 57.4 Å². The molecule has 0 aliphatic heterocycles. The largest absolute Gasteiger partial charge is 0.424 e. The fourth-order valence-electron chi connectivity index (χ4n) is 5.02. The highest BCUT2D eigenvalue weighted by Crippen LogP contribution is 2.28. The number of hydrogen-bond acceptors (Lipinski definition) is 18. The molecule has 2 aromatic rings. The van der Waals surface area contributed by atoms with Gasteiger partial charge in [0.1, 0.15) is 41.0 Å². The van der Waals surface area contributed by atoms with Gasteiger partial charge in [0.05, 0.1) is 11.6 Å². The molecule has 23 heteroatoms. The summed E-state index contributed by atoms with van der Waals surface area (Å²) in [5.74, 6) is -6.10. The summed E-state index contributed by atoms with van der Waals surface area (Å²) in [5.41, 5.74) is -0.409. The first kappa shape index (κ1) is 53.6. The van der Waals surface area contributed by atoms with Crippen molar-refractivity contribution in [3.8, 4) is 11.5 Å². The lowest BCUT2D eigenvalue weighted by molar-refractivity contribution is -0.138. The average molecular weight is 948 g/mol. The Bertz CT molecular complexity index is 2100. The van der Waals surface area contributed by atoms with Crippen molar-refractivity contribution in [1.82, 2.24) is 26.2 Å². The van der Waals surface area contributed by atoms with Crippen molar-refractivity contribution in [2.24, 2.45) is 0 Å². The highest BCUT2D eigenvalue weighted by atomic mass is 32.2. The van der Waals surface area contributed by atoms with Gasteiger partial charge in [0, 0.05) is 83.4 Å². The second-order valence-corrected chi connectivity index (χ2v) is 17.0. The van der Waals surface area contributed by atoms with Crippen molar-refractivity contribution in [1.29, 1.82) is 10.8 Å². The smallest absolute Gasteiger partial charge is 0.347 e. The molecular formula is C40H49N7O12S4. The van der Waals surface area contributed by atoms with Crippen molar-refractivity contribution in [3.63, 3.8) is 0 Å². The predicted molar refractivity (Wildman–Crippen MR) is 243 cm³/mol. The fourth-order valence-corrected chi connectivity index (χ4v) is 8.22. The summed E-state index contributed by atoms with van der Waals surface area (Å²) in [6, 6.07) is 6.41. The van der Waals surface area contributed by atoms with Crippen LogP contribution < -0.4 is 30.7 Å². The molecule has 4 atom stereocenters. The van der Waals surface area contributed by atoms with Gasteiger partial charge in [0.25, 0.3) is 0 Å². The number of thioether (sulfide) groups is 3. The van der Waals surface area contributed by atoms with Crippen molar-refractivity contribution in [2.45, 2.75) is 64.7 Å². The summed E-state index contributed by atoms with van der Waals surface area (Å²) in [7, 11) is 3.25. The van der Waals surface area contributed by atoms with E-state index in [2.05, 4.69) is 33.9 Å². The van der Waals surface area contributed by atoms with Crippen LogP contribution in [0, 0.1) is 10.8 Å². The van der Waals surface area contributed by atoms with Gasteiger partial charge in [-0.15, -0.1) is 0 Å². The standard InChI is InChI=1S/C40H49N7O12S4/c1-21(48)43-28(17-60)39(56)63-19-30(45-23(3)50)37(54)59-33-13-9-7-11-26(33)36(53)58-34-14-10-8-12-27(34)38(55)61-20-31(46-24(4)51)40(57)62-18-29(44-22(2)49)32(52)15-25(41)16-35(42)47(5)6/h7-14,28-31,41-42,60H,15-20H2,1-6H3,(H,43,48)(H,44,49)(H,45,50)(H,46,51). The van der Waals surface area contributed by atoms with E-state index in [0.29, 0.717) is 35.3 Å². The van der Waals surface area contributed by atoms with Gasteiger partial charge in [-0.3, -0.25) is 43.8 Å². The number of rotatable bonds is 23. The Labute approximate surface area is 381 Å². The molecule has 63 heavy (non-hydrogen) atoms. The van der Waals surface area contributed by atoms with Crippen LogP contribution in [0.15, 0.2) is 48.5 Å². The Morgan fingerprint density at radius 1 is 0.603 bits per heavy atom. The summed E-state index contributed by atoms with van der Waals surface area (Å²) in [6.45, 7) is 4.72. The molecule has 0 aliphatic rings. The SMILES string of the molecule is CC(=O)NC(CSC(=O)C(CSC(=O)c1ccccc1OC(=O)c1ccccc1OC(=O)C(CSC(=O)C(CS)NC(C)=O)NC(C)=O)NC(C)=O)C(=O)CC(=N)CC(=N)N(C)C. The second kappa shape index (κ2) is 26.8. The molecule has 4 amide bonds. The van der Waals surface area contributed by atoms with Gasteiger partial charge in [-0.05, 0) is 24.3 Å². The molecule has 0 radical (unpaired) electrons. The number of para-hydroxylation sites is 2. The monoisotopic (exact) mass is 947 g/mol. The van der Waals surface area contributed by atoms with Gasteiger partial charge in [-0.1, -0.05) is 59.6 Å². The van der Waals surface area contributed by atoms with Crippen LogP contribution in [0.3, 0.4) is 0 Å². The zero-order valence-corrected chi connectivity index (χ0v) is 38.5. The van der Waals surface area contributed by atoms with Gasteiger partial charge < -0.3 is 41.1 Å². The minimum absolute atomic E-state index is 0.0194. The van der Waals surface area contributed by atoms with Gasteiger partial charge in [-0.25, -0.2) is 9.59 Å². The lowest BCUT2D eigenvalue weighted by atomic mass is 10.1. The first-order valence-electron chi connectivity index (χ1n) is 18.8. The lowest BCUT2D eigenvalue weighted by Gasteiger charge is -2.20. The number of hydrogen-bond donors (Lipinski definition) is 7. The maximum atomic E-state index is 13.5. The summed E-state index contributed by atoms with van der Waals surface area (Å²) in [5, 5.41) is 24.0. The van der Waals surface area contributed by atoms with Crippen LogP contribution in [0.25, 0.3) is 0 Å². The zero-order valence-electron chi connectivity index (χ0n) is 35.2. The number of nitrogens with one attached hydrogen (secondary N) is 6. The normalized spacial score (nSPS) is 12.5. The molecule has 0 aromatic heterocycles. The van der Waals surface area contributed by atoms with Crippen molar-refractivity contribution in [2.75, 3.05) is 37.1 Å². The molecule has 0 fully saturated rings. The molecule has 2 aromatic carbocycles. The maximum Gasteiger partial charge on any atom is 0.347 e. The Balaban J connectivity index is 2.20. The first-order chi connectivity index (χ1) is 29.6. The van der Waals surface area contributed by atoms with E-state index in [9.17, 15) is 47.9 Å². The Morgan fingerprint density at radius 3 is 1.59 bits per heavy atom. The lowest BCUT2D eigenvalue weighted by Crippen LogP contribution is -2.45. The van der Waals surface area contributed by atoms with E-state index in [4.69, 9.17) is 20.3 Å². The van der Waals surface area contributed by atoms with Crippen molar-refractivity contribution >= 4 is 116 Å². The topological polar surface area (TPSA) is 288 Å². The number of Topliss-reactive ketones (excluding diaryl/α,β-unsaturated/α-hetero) is 1. The number of ketones is 1. The highest BCUT2D eigenvalue weighted by molar-refractivity contribution is 8.15. The average Bonchev–Trinajstić information content (AvgIpc) is 3.20. The second-order valence-electron chi connectivity index (χ2n) is 13.6. The van der Waals surface area contributed by atoms with Crippen molar-refractivity contribution in [3.05, 3.63) is 59.7 Å². The summed E-state index contributed by atoms with van der Waals surface area (Å²) in [4.78, 5) is 128. The van der Waals surface area contributed by atoms with Crippen LogP contribution in [0.5, 0.6) is 11.5 Å². The molecule has 2 rings (SSSR count). The Kier molecular flexibility index (Phi) is 22.8. The molecule has 4 unspecified atom stereocenters. The Hall–Kier alpha value is -5.52. The summed E-state index contributed by atoms with van der Waals surface area (Å²) in [6.07, 6.45) is -0.467. The number of carbonyl (C=O) groups is 10. The molecule has 0 heterocycles. The van der Waals surface area contributed by atoms with E-state index in [1.54, 1.807) is 14.1 Å². The van der Waals surface area contributed by atoms with Gasteiger partial charge in [-0.2, -0.15) is 12.6 Å². The zero-order chi connectivity index (χ0) is 47.4. The van der Waals surface area contributed by atoms with E-state index in [0.717, 1.165) is 13.8 Å². The van der Waals surface area contributed by atoms with E-state index < -0.39 is 80.9 Å². The third-order valence-corrected chi connectivity index (χ3v) is 11.5. The van der Waals surface area contributed by atoms with Crippen LogP contribution in [0.1, 0.15) is 61.3 Å². The van der Waals surface area contributed by atoms with Gasteiger partial charge in [0.2, 0.25) is 39.0 Å². The minimum Gasteiger partial charge on any atom is -0.424 e. The molecule has 0 bridgehead atoms. The minimum atomic E-state index is -1.36. The quantitative estimate of drug-likeness (QED) is 0.0276. The number of esters is 2. The van der Waals surface area contributed by atoms with E-state index in [1.165, 1.54) is 67.3 Å². The number of amidine groups is 1. The van der Waals surface area contributed by atoms with E-state index in [1.807, 2.05) is 0 Å². The number of benzene rings is 2. The molecular weight excluding hydrogens is 899 g/mol. The number of nitrogens with zero attached hydrogens (tertiary/aromatic N) is 1. The molecule has 19 nitrogen and oxygen atoms in total. The summed E-state index contributed by atoms with van der Waals surface area (Å²) < 4.78 is 11.1. The molecule has 0 saturated heterocycles. The molecule has 340 valence electrons. The van der Waals surface area contributed by atoms with Crippen LogP contribution in [-0.4, -0.2) is 134 Å². The number of amides is 4. The molecule has 6 N–H and O–H groups in total. The van der Waals surface area contributed by atoms with Crippen LogP contribution >= 0.6 is 47.9 Å². The third kappa shape index (κ3) is 19.2. The summed E-state index contributed by atoms with van der Waals surface area (Å²) >= 11 is 5.98. The van der Waals surface area contributed by atoms with E-state index >= 15 is 0 Å². The highest BCUT2D eigenvalue weighted by Gasteiger charge is 2.30. The Morgan fingerprint density at radius 2 is 1.05 bits per heavy atom. The van der Waals surface area contributed by atoms with Crippen LogP contribution in [0.2, 0.25) is 0 Å². The van der Waals surface area contributed by atoms with Gasteiger partial charge in [0.15, 0.2) is 5.78 Å². The van der Waals surface area contributed by atoms with E-state index in [-0.39, 0.29) is 70.0 Å². The molecule has 0 aliphatic carbocycles. The number of ether oxygens (including phenoxy) is 2.